The summed E-state index contributed by atoms with van der Waals surface area (Å²) in [7, 11) is 1.54. The molecule has 0 saturated heterocycles. The number of thiophene rings is 1. The standard InChI is InChI=1S/C20H16N2O4S/c1-25-17-5-2-4-15(12-17)19(23)22-21-13-14-7-9-16(10-8-14)26-20(24)18-6-3-11-27-18/h2-13H,1H3,(H,22,23)/b21-13+. The second-order valence-corrected chi connectivity index (χ2v) is 6.31. The minimum Gasteiger partial charge on any atom is -0.497 e. The Bertz CT molecular complexity index is 950. The van der Waals surface area contributed by atoms with E-state index in [0.717, 1.165) is 5.56 Å². The minimum atomic E-state index is -0.392. The van der Waals surface area contributed by atoms with E-state index in [4.69, 9.17) is 9.47 Å². The molecule has 0 saturated carbocycles. The first-order valence-corrected chi connectivity index (χ1v) is 8.87. The molecule has 3 aromatic rings. The van der Waals surface area contributed by atoms with Crippen molar-refractivity contribution in [2.75, 3.05) is 7.11 Å². The molecule has 0 spiro atoms. The van der Waals surface area contributed by atoms with Crippen LogP contribution in [0.2, 0.25) is 0 Å². The van der Waals surface area contributed by atoms with Gasteiger partial charge in [0.15, 0.2) is 0 Å². The number of carbonyl (C=O) groups is 2. The topological polar surface area (TPSA) is 77.0 Å². The zero-order valence-electron chi connectivity index (χ0n) is 14.4. The van der Waals surface area contributed by atoms with Gasteiger partial charge in [-0.3, -0.25) is 4.79 Å². The van der Waals surface area contributed by atoms with Crippen LogP contribution in [0.1, 0.15) is 25.6 Å². The van der Waals surface area contributed by atoms with Crippen LogP contribution >= 0.6 is 11.3 Å². The third kappa shape index (κ3) is 5.02. The summed E-state index contributed by atoms with van der Waals surface area (Å²) < 4.78 is 10.4. The largest absolute Gasteiger partial charge is 0.497 e. The van der Waals surface area contributed by atoms with Gasteiger partial charge in [0.1, 0.15) is 16.4 Å². The lowest BCUT2D eigenvalue weighted by Gasteiger charge is -2.04. The smallest absolute Gasteiger partial charge is 0.353 e. The Balaban J connectivity index is 1.56. The first-order valence-electron chi connectivity index (χ1n) is 7.99. The zero-order chi connectivity index (χ0) is 19.1. The number of amides is 1. The van der Waals surface area contributed by atoms with Crippen LogP contribution in [-0.2, 0) is 0 Å². The molecule has 0 aliphatic rings. The van der Waals surface area contributed by atoms with Crippen LogP contribution in [0.25, 0.3) is 0 Å². The fourth-order valence-corrected chi connectivity index (χ4v) is 2.77. The minimum absolute atomic E-state index is 0.341. The molecule has 6 nitrogen and oxygen atoms in total. The molecule has 136 valence electrons. The van der Waals surface area contributed by atoms with Crippen molar-refractivity contribution in [3.05, 3.63) is 82.0 Å². The molecular formula is C20H16N2O4S. The number of benzene rings is 2. The molecule has 0 radical (unpaired) electrons. The molecule has 1 aromatic heterocycles. The van der Waals surface area contributed by atoms with E-state index >= 15 is 0 Å². The Hall–Kier alpha value is -3.45. The molecule has 1 amide bonds. The van der Waals surface area contributed by atoms with E-state index in [2.05, 4.69) is 10.5 Å². The van der Waals surface area contributed by atoms with Gasteiger partial charge < -0.3 is 9.47 Å². The third-order valence-corrected chi connectivity index (χ3v) is 4.37. The summed E-state index contributed by atoms with van der Waals surface area (Å²) in [6.45, 7) is 0. The highest BCUT2D eigenvalue weighted by Gasteiger charge is 2.09. The van der Waals surface area contributed by atoms with Crippen molar-refractivity contribution in [2.45, 2.75) is 0 Å². The summed E-state index contributed by atoms with van der Waals surface area (Å²) in [4.78, 5) is 24.5. The maximum Gasteiger partial charge on any atom is 0.353 e. The molecule has 0 aliphatic heterocycles. The van der Waals surface area contributed by atoms with Crippen molar-refractivity contribution in [2.24, 2.45) is 5.10 Å². The van der Waals surface area contributed by atoms with Gasteiger partial charge in [0, 0.05) is 5.56 Å². The molecule has 1 heterocycles. The predicted molar refractivity (Wildman–Crippen MR) is 104 cm³/mol. The van der Waals surface area contributed by atoms with E-state index in [1.54, 1.807) is 60.7 Å². The molecule has 0 atom stereocenters. The second-order valence-electron chi connectivity index (χ2n) is 5.37. The van der Waals surface area contributed by atoms with Crippen molar-refractivity contribution < 1.29 is 19.1 Å². The Morgan fingerprint density at radius 3 is 2.56 bits per heavy atom. The third-order valence-electron chi connectivity index (χ3n) is 3.52. The molecular weight excluding hydrogens is 364 g/mol. The van der Waals surface area contributed by atoms with Gasteiger partial charge in [0.05, 0.1) is 13.3 Å². The molecule has 0 fully saturated rings. The molecule has 7 heteroatoms. The van der Waals surface area contributed by atoms with Gasteiger partial charge in [-0.2, -0.15) is 5.10 Å². The number of hydrogen-bond acceptors (Lipinski definition) is 6. The van der Waals surface area contributed by atoms with E-state index in [1.165, 1.54) is 24.7 Å². The molecule has 27 heavy (non-hydrogen) atoms. The van der Waals surface area contributed by atoms with Crippen molar-refractivity contribution >= 4 is 29.4 Å². The van der Waals surface area contributed by atoms with E-state index in [0.29, 0.717) is 21.9 Å². The number of ether oxygens (including phenoxy) is 2. The maximum atomic E-state index is 12.1. The quantitative estimate of drug-likeness (QED) is 0.306. The summed E-state index contributed by atoms with van der Waals surface area (Å²) in [5, 5.41) is 5.75. The molecule has 0 bridgehead atoms. The Morgan fingerprint density at radius 2 is 1.85 bits per heavy atom. The first kappa shape index (κ1) is 18.3. The van der Waals surface area contributed by atoms with Crippen molar-refractivity contribution in [3.63, 3.8) is 0 Å². The lowest BCUT2D eigenvalue weighted by molar-refractivity contribution is 0.0739. The van der Waals surface area contributed by atoms with Gasteiger partial charge in [-0.05, 0) is 59.5 Å². The monoisotopic (exact) mass is 380 g/mol. The summed E-state index contributed by atoms with van der Waals surface area (Å²) >= 11 is 1.32. The molecule has 0 aliphatic carbocycles. The first-order chi connectivity index (χ1) is 13.2. The highest BCUT2D eigenvalue weighted by atomic mass is 32.1. The van der Waals surface area contributed by atoms with Gasteiger partial charge in [0.2, 0.25) is 0 Å². The van der Waals surface area contributed by atoms with E-state index in [1.807, 2.05) is 5.38 Å². The average molecular weight is 380 g/mol. The van der Waals surface area contributed by atoms with Crippen molar-refractivity contribution in [3.8, 4) is 11.5 Å². The lowest BCUT2D eigenvalue weighted by atomic mass is 10.2. The predicted octanol–water partition coefficient (Wildman–Crippen LogP) is 3.74. The average Bonchev–Trinajstić information content (AvgIpc) is 3.24. The Morgan fingerprint density at radius 1 is 1.04 bits per heavy atom. The van der Waals surface area contributed by atoms with E-state index < -0.39 is 5.97 Å². The normalized spacial score (nSPS) is 10.6. The van der Waals surface area contributed by atoms with Crippen LogP contribution in [0.3, 0.4) is 0 Å². The van der Waals surface area contributed by atoms with Crippen molar-refractivity contribution in [1.82, 2.24) is 5.43 Å². The Kier molecular flexibility index (Phi) is 5.96. The number of nitrogens with zero attached hydrogens (tertiary/aromatic N) is 1. The summed E-state index contributed by atoms with van der Waals surface area (Å²) in [6, 6.07) is 17.1. The van der Waals surface area contributed by atoms with E-state index in [9.17, 15) is 9.59 Å². The van der Waals surface area contributed by atoms with Gasteiger partial charge >= 0.3 is 5.97 Å². The number of carbonyl (C=O) groups excluding carboxylic acids is 2. The second kappa shape index (κ2) is 8.77. The lowest BCUT2D eigenvalue weighted by Crippen LogP contribution is -2.17. The number of hydrazone groups is 1. The number of methoxy groups -OCH3 is 1. The van der Waals surface area contributed by atoms with Gasteiger partial charge in [-0.25, -0.2) is 10.2 Å². The number of nitrogens with one attached hydrogen (secondary N) is 1. The fourth-order valence-electron chi connectivity index (χ4n) is 2.17. The van der Waals surface area contributed by atoms with Crippen LogP contribution < -0.4 is 14.9 Å². The molecule has 0 unspecified atom stereocenters. The summed E-state index contributed by atoms with van der Waals surface area (Å²) in [5.41, 5.74) is 3.65. The zero-order valence-corrected chi connectivity index (χ0v) is 15.2. The summed E-state index contributed by atoms with van der Waals surface area (Å²) in [6.07, 6.45) is 1.50. The van der Waals surface area contributed by atoms with Crippen LogP contribution in [-0.4, -0.2) is 25.2 Å². The maximum absolute atomic E-state index is 12.1. The number of esters is 1. The Labute approximate surface area is 160 Å². The summed E-state index contributed by atoms with van der Waals surface area (Å²) in [5.74, 6) is 0.300. The van der Waals surface area contributed by atoms with Crippen LogP contribution in [0.15, 0.2) is 71.1 Å². The molecule has 1 N–H and O–H groups in total. The molecule has 3 rings (SSSR count). The highest BCUT2D eigenvalue weighted by molar-refractivity contribution is 7.12. The molecule has 2 aromatic carbocycles. The van der Waals surface area contributed by atoms with Crippen LogP contribution in [0.4, 0.5) is 0 Å². The number of hydrogen-bond donors (Lipinski definition) is 1. The van der Waals surface area contributed by atoms with Gasteiger partial charge in [-0.15, -0.1) is 11.3 Å². The van der Waals surface area contributed by atoms with Gasteiger partial charge in [0.25, 0.3) is 5.91 Å². The van der Waals surface area contributed by atoms with Crippen LogP contribution in [0.5, 0.6) is 11.5 Å². The highest BCUT2D eigenvalue weighted by Crippen LogP contribution is 2.16. The van der Waals surface area contributed by atoms with E-state index in [-0.39, 0.29) is 5.91 Å². The van der Waals surface area contributed by atoms with Gasteiger partial charge in [-0.1, -0.05) is 12.1 Å². The van der Waals surface area contributed by atoms with Crippen molar-refractivity contribution in [1.29, 1.82) is 0 Å². The fraction of sp³-hybridized carbons (Fsp3) is 0.0500. The van der Waals surface area contributed by atoms with Crippen LogP contribution in [0, 0.1) is 0 Å². The number of rotatable bonds is 6. The SMILES string of the molecule is COc1cccc(C(=O)N/N=C/c2ccc(OC(=O)c3cccs3)cc2)c1.